The fourth-order valence-corrected chi connectivity index (χ4v) is 3.08. The monoisotopic (exact) mass is 290 g/mol. The Labute approximate surface area is 122 Å². The predicted octanol–water partition coefficient (Wildman–Crippen LogP) is 3.50. The molecule has 0 saturated heterocycles. The van der Waals surface area contributed by atoms with E-state index < -0.39 is 0 Å². The van der Waals surface area contributed by atoms with Gasteiger partial charge in [0.25, 0.3) is 0 Å². The maximum atomic E-state index is 6.01. The van der Waals surface area contributed by atoms with Crippen molar-refractivity contribution in [2.75, 3.05) is 12.3 Å². The molecule has 20 heavy (non-hydrogen) atoms. The van der Waals surface area contributed by atoms with Crippen molar-refractivity contribution in [2.45, 2.75) is 32.8 Å². The number of rotatable bonds is 3. The summed E-state index contributed by atoms with van der Waals surface area (Å²) < 4.78 is 11.7. The fourth-order valence-electron chi connectivity index (χ4n) is 2.51. The predicted molar refractivity (Wildman–Crippen MR) is 81.5 cm³/mol. The summed E-state index contributed by atoms with van der Waals surface area (Å²) in [6.45, 7) is 6.76. The summed E-state index contributed by atoms with van der Waals surface area (Å²) >= 11 is 1.45. The van der Waals surface area contributed by atoms with Gasteiger partial charge in [-0.15, -0.1) is 11.3 Å². The Balaban J connectivity index is 2.09. The molecule has 0 bridgehead atoms. The minimum absolute atomic E-state index is 0.187. The molecule has 0 unspecified atom stereocenters. The van der Waals surface area contributed by atoms with E-state index in [0.717, 1.165) is 29.2 Å². The van der Waals surface area contributed by atoms with Crippen molar-refractivity contribution in [3.05, 3.63) is 23.1 Å². The molecule has 2 heterocycles. The quantitative estimate of drug-likeness (QED) is 0.940. The highest BCUT2D eigenvalue weighted by Gasteiger charge is 2.33. The molecular weight excluding hydrogens is 272 g/mol. The fraction of sp³-hybridized carbons (Fsp3) is 0.400. The van der Waals surface area contributed by atoms with Gasteiger partial charge in [0, 0.05) is 22.9 Å². The Morgan fingerprint density at radius 1 is 1.45 bits per heavy atom. The van der Waals surface area contributed by atoms with Crippen LogP contribution in [0.2, 0.25) is 0 Å². The average molecular weight is 290 g/mol. The molecule has 1 aliphatic heterocycles. The first-order chi connectivity index (χ1) is 9.48. The van der Waals surface area contributed by atoms with Gasteiger partial charge < -0.3 is 15.2 Å². The molecule has 0 saturated carbocycles. The van der Waals surface area contributed by atoms with E-state index in [1.54, 1.807) is 0 Å². The van der Waals surface area contributed by atoms with Crippen LogP contribution in [-0.2, 0) is 6.42 Å². The molecule has 0 spiro atoms. The van der Waals surface area contributed by atoms with Crippen LogP contribution in [-0.4, -0.2) is 17.2 Å². The number of nitrogens with zero attached hydrogens (tertiary/aromatic N) is 1. The van der Waals surface area contributed by atoms with Gasteiger partial charge in [0.05, 0.1) is 12.3 Å². The van der Waals surface area contributed by atoms with E-state index in [-0.39, 0.29) is 5.60 Å². The maximum Gasteiger partial charge on any atom is 0.180 e. The van der Waals surface area contributed by atoms with Gasteiger partial charge >= 0.3 is 0 Å². The lowest BCUT2D eigenvalue weighted by Gasteiger charge is -2.18. The molecule has 0 fully saturated rings. The lowest BCUT2D eigenvalue weighted by molar-refractivity contribution is 0.132. The number of benzene rings is 1. The van der Waals surface area contributed by atoms with Crippen molar-refractivity contribution in [1.29, 1.82) is 0 Å². The molecule has 1 aromatic carbocycles. The Morgan fingerprint density at radius 2 is 2.25 bits per heavy atom. The van der Waals surface area contributed by atoms with E-state index in [9.17, 15) is 0 Å². The van der Waals surface area contributed by atoms with Crippen LogP contribution < -0.4 is 15.2 Å². The molecule has 2 aromatic rings. The summed E-state index contributed by atoms with van der Waals surface area (Å²) in [5.41, 5.74) is 8.62. The van der Waals surface area contributed by atoms with Crippen LogP contribution in [0.25, 0.3) is 11.3 Å². The number of hydrogen-bond acceptors (Lipinski definition) is 5. The smallest absolute Gasteiger partial charge is 0.180 e. The zero-order valence-corrected chi connectivity index (χ0v) is 12.7. The van der Waals surface area contributed by atoms with Gasteiger partial charge in [0.2, 0.25) is 0 Å². The molecule has 0 amide bonds. The molecule has 3 rings (SSSR count). The lowest BCUT2D eigenvalue weighted by Crippen LogP contribution is -2.24. The Bertz CT molecular complexity index is 649. The molecule has 0 radical (unpaired) electrons. The third-order valence-corrected chi connectivity index (χ3v) is 3.92. The number of anilines is 1. The number of thiazole rings is 1. The second kappa shape index (κ2) is 4.66. The van der Waals surface area contributed by atoms with Crippen LogP contribution in [0.5, 0.6) is 11.5 Å². The molecular formula is C15H18N2O2S. The molecule has 4 nitrogen and oxygen atoms in total. The number of fused-ring (bicyclic) bond motifs is 1. The second-order valence-corrected chi connectivity index (χ2v) is 6.39. The van der Waals surface area contributed by atoms with Gasteiger partial charge in [-0.2, -0.15) is 0 Å². The van der Waals surface area contributed by atoms with Gasteiger partial charge in [0.15, 0.2) is 16.6 Å². The number of hydrogen-bond donors (Lipinski definition) is 1. The van der Waals surface area contributed by atoms with E-state index in [1.165, 1.54) is 16.9 Å². The minimum atomic E-state index is -0.187. The Morgan fingerprint density at radius 3 is 2.90 bits per heavy atom. The van der Waals surface area contributed by atoms with E-state index in [2.05, 4.69) is 24.9 Å². The maximum absolute atomic E-state index is 6.01. The second-order valence-electron chi connectivity index (χ2n) is 5.51. The lowest BCUT2D eigenvalue weighted by atomic mass is 9.99. The number of aromatic nitrogens is 1. The summed E-state index contributed by atoms with van der Waals surface area (Å²) in [6.07, 6.45) is 0.871. The molecule has 1 aromatic heterocycles. The van der Waals surface area contributed by atoms with Crippen molar-refractivity contribution in [2.24, 2.45) is 0 Å². The SMILES string of the molecule is CCOc1cc(-c2csc(N)n2)cc2c1OC(C)(C)C2. The first kappa shape index (κ1) is 13.2. The van der Waals surface area contributed by atoms with Crippen molar-refractivity contribution >= 4 is 16.5 Å². The van der Waals surface area contributed by atoms with E-state index in [4.69, 9.17) is 15.2 Å². The highest BCUT2D eigenvalue weighted by atomic mass is 32.1. The number of nitrogens with two attached hydrogens (primary N) is 1. The molecule has 0 atom stereocenters. The Hall–Kier alpha value is -1.75. The third-order valence-electron chi connectivity index (χ3n) is 3.24. The number of ether oxygens (including phenoxy) is 2. The van der Waals surface area contributed by atoms with Gasteiger partial charge in [-0.05, 0) is 32.9 Å². The summed E-state index contributed by atoms with van der Waals surface area (Å²) in [6, 6.07) is 4.11. The van der Waals surface area contributed by atoms with E-state index >= 15 is 0 Å². The highest BCUT2D eigenvalue weighted by Crippen LogP contribution is 2.44. The van der Waals surface area contributed by atoms with Crippen LogP contribution >= 0.6 is 11.3 Å². The van der Waals surface area contributed by atoms with E-state index in [1.807, 2.05) is 18.4 Å². The largest absolute Gasteiger partial charge is 0.490 e. The van der Waals surface area contributed by atoms with Gasteiger partial charge in [0.1, 0.15) is 5.60 Å². The molecule has 106 valence electrons. The van der Waals surface area contributed by atoms with Crippen molar-refractivity contribution in [3.63, 3.8) is 0 Å². The molecule has 2 N–H and O–H groups in total. The zero-order valence-electron chi connectivity index (χ0n) is 11.9. The average Bonchev–Trinajstić information content (AvgIpc) is 2.91. The molecule has 5 heteroatoms. The summed E-state index contributed by atoms with van der Waals surface area (Å²) in [5.74, 6) is 1.65. The topological polar surface area (TPSA) is 57.4 Å². The molecule has 0 aliphatic carbocycles. The van der Waals surface area contributed by atoms with Crippen LogP contribution in [0, 0.1) is 0 Å². The molecule has 1 aliphatic rings. The van der Waals surface area contributed by atoms with Crippen molar-refractivity contribution in [3.8, 4) is 22.8 Å². The van der Waals surface area contributed by atoms with Gasteiger partial charge in [-0.3, -0.25) is 0 Å². The normalized spacial score (nSPS) is 15.8. The highest BCUT2D eigenvalue weighted by molar-refractivity contribution is 7.13. The third kappa shape index (κ3) is 2.33. The summed E-state index contributed by atoms with van der Waals surface area (Å²) in [5, 5.41) is 2.54. The van der Waals surface area contributed by atoms with Crippen LogP contribution in [0.1, 0.15) is 26.3 Å². The summed E-state index contributed by atoms with van der Waals surface area (Å²) in [7, 11) is 0. The standard InChI is InChI=1S/C15H18N2O2S/c1-4-18-12-6-9(11-8-20-14(16)17-11)5-10-7-15(2,3)19-13(10)12/h5-6,8H,4,7H2,1-3H3,(H2,16,17). The first-order valence-electron chi connectivity index (χ1n) is 6.68. The van der Waals surface area contributed by atoms with Crippen LogP contribution in [0.3, 0.4) is 0 Å². The number of nitrogen functional groups attached to an aromatic ring is 1. The van der Waals surface area contributed by atoms with Crippen LogP contribution in [0.15, 0.2) is 17.5 Å². The first-order valence-corrected chi connectivity index (χ1v) is 7.56. The van der Waals surface area contributed by atoms with Crippen molar-refractivity contribution in [1.82, 2.24) is 4.98 Å². The van der Waals surface area contributed by atoms with Crippen molar-refractivity contribution < 1.29 is 9.47 Å². The van der Waals surface area contributed by atoms with Gasteiger partial charge in [-0.1, -0.05) is 0 Å². The van der Waals surface area contributed by atoms with Gasteiger partial charge in [-0.25, -0.2) is 4.98 Å². The van der Waals surface area contributed by atoms with E-state index in [0.29, 0.717) is 11.7 Å². The van der Waals surface area contributed by atoms with Crippen LogP contribution in [0.4, 0.5) is 5.13 Å². The Kier molecular flexibility index (Phi) is 3.09. The minimum Gasteiger partial charge on any atom is -0.490 e. The summed E-state index contributed by atoms with van der Waals surface area (Å²) in [4.78, 5) is 4.34. The zero-order chi connectivity index (χ0) is 14.3.